The smallest absolute Gasteiger partial charge is 0.338 e. The van der Waals surface area contributed by atoms with E-state index in [-0.39, 0.29) is 23.1 Å². The lowest BCUT2D eigenvalue weighted by Gasteiger charge is -2.15. The summed E-state index contributed by atoms with van der Waals surface area (Å²) in [7, 11) is 0. The van der Waals surface area contributed by atoms with Crippen LogP contribution in [0.3, 0.4) is 0 Å². The lowest BCUT2D eigenvalue weighted by Crippen LogP contribution is -2.23. The third kappa shape index (κ3) is 11.9. The highest BCUT2D eigenvalue weighted by atomic mass is 32.2. The van der Waals surface area contributed by atoms with Gasteiger partial charge in [-0.3, -0.25) is 9.59 Å². The summed E-state index contributed by atoms with van der Waals surface area (Å²) >= 11 is 1.38. The number of likely N-dealkylation sites (tertiary alicyclic amines) is 1. The number of hydrogen-bond acceptors (Lipinski definition) is 7. The Morgan fingerprint density at radius 2 is 1.67 bits per heavy atom. The fourth-order valence-corrected chi connectivity index (χ4v) is 5.65. The van der Waals surface area contributed by atoms with Crippen molar-refractivity contribution in [3.05, 3.63) is 71.3 Å². The minimum atomic E-state index is -0.312. The Morgan fingerprint density at radius 3 is 2.40 bits per heavy atom. The monoisotopic (exact) mass is 595 g/mol. The second-order valence-corrected chi connectivity index (χ2v) is 11.4. The van der Waals surface area contributed by atoms with Gasteiger partial charge in [-0.05, 0) is 82.1 Å². The first kappa shape index (κ1) is 33.2. The van der Waals surface area contributed by atoms with E-state index in [0.29, 0.717) is 31.8 Å². The van der Waals surface area contributed by atoms with Crippen LogP contribution in [0.2, 0.25) is 0 Å². The van der Waals surface area contributed by atoms with Crippen LogP contribution in [0, 0.1) is 5.92 Å². The molecule has 3 rings (SSSR count). The molecule has 0 spiro atoms. The van der Waals surface area contributed by atoms with Gasteiger partial charge < -0.3 is 19.1 Å². The molecular formula is C34H45NO6S. The Labute approximate surface area is 255 Å². The molecule has 0 saturated carbocycles. The summed E-state index contributed by atoms with van der Waals surface area (Å²) in [6.45, 7) is 6.69. The van der Waals surface area contributed by atoms with Crippen molar-refractivity contribution < 1.29 is 28.6 Å². The highest BCUT2D eigenvalue weighted by molar-refractivity contribution is 8.13. The van der Waals surface area contributed by atoms with E-state index in [2.05, 4.69) is 12.2 Å². The van der Waals surface area contributed by atoms with Crippen LogP contribution in [-0.4, -0.2) is 60.7 Å². The summed E-state index contributed by atoms with van der Waals surface area (Å²) in [6, 6.07) is 15.6. The fraction of sp³-hybridized carbons (Fsp3) is 0.500. The summed E-state index contributed by atoms with van der Waals surface area (Å²) in [4.78, 5) is 38.0. The van der Waals surface area contributed by atoms with Gasteiger partial charge in [0.25, 0.3) is 5.24 Å². The molecule has 1 unspecified atom stereocenters. The molecule has 2 aromatic carbocycles. The van der Waals surface area contributed by atoms with Crippen LogP contribution in [0.1, 0.15) is 80.3 Å². The summed E-state index contributed by atoms with van der Waals surface area (Å²) in [6.07, 6.45) is 11.2. The maximum absolute atomic E-state index is 12.2. The van der Waals surface area contributed by atoms with Gasteiger partial charge in [0, 0.05) is 30.8 Å². The minimum absolute atomic E-state index is 0.149. The van der Waals surface area contributed by atoms with E-state index in [1.807, 2.05) is 60.4 Å². The number of carbonyl (C=O) groups is 3. The van der Waals surface area contributed by atoms with E-state index >= 15 is 0 Å². The average molecular weight is 596 g/mol. The van der Waals surface area contributed by atoms with Crippen molar-refractivity contribution in [3.63, 3.8) is 0 Å². The van der Waals surface area contributed by atoms with Crippen molar-refractivity contribution in [2.24, 2.45) is 5.92 Å². The van der Waals surface area contributed by atoms with Gasteiger partial charge >= 0.3 is 11.9 Å². The van der Waals surface area contributed by atoms with E-state index in [1.165, 1.54) is 11.8 Å². The molecule has 1 amide bonds. The second-order valence-electron chi connectivity index (χ2n) is 10.3. The lowest BCUT2D eigenvalue weighted by molar-refractivity contribution is -0.143. The minimum Gasteiger partial charge on any atom is -0.493 e. The van der Waals surface area contributed by atoms with Crippen molar-refractivity contribution >= 4 is 35.0 Å². The topological polar surface area (TPSA) is 82.1 Å². The number of benzene rings is 2. The van der Waals surface area contributed by atoms with Crippen LogP contribution in [-0.2, 0) is 20.7 Å². The number of carbonyl (C=O) groups excluding carboxylic acids is 3. The molecule has 1 aliphatic rings. The molecular weight excluding hydrogens is 550 g/mol. The normalized spacial score (nSPS) is 13.7. The zero-order valence-corrected chi connectivity index (χ0v) is 25.9. The van der Waals surface area contributed by atoms with Crippen molar-refractivity contribution in [2.75, 3.05) is 38.7 Å². The maximum atomic E-state index is 12.2. The van der Waals surface area contributed by atoms with Crippen molar-refractivity contribution in [3.8, 4) is 5.75 Å². The number of ether oxygens (including phenoxy) is 3. The number of thioether (sulfide) groups is 1. The number of allylic oxidation sites excluding steroid dienone is 1. The highest BCUT2D eigenvalue weighted by Crippen LogP contribution is 2.24. The predicted octanol–water partition coefficient (Wildman–Crippen LogP) is 7.58. The van der Waals surface area contributed by atoms with Gasteiger partial charge in [-0.2, -0.15) is 0 Å². The number of rotatable bonds is 17. The van der Waals surface area contributed by atoms with Crippen LogP contribution in [0.25, 0.3) is 6.08 Å². The van der Waals surface area contributed by atoms with Crippen LogP contribution in [0.15, 0.2) is 54.6 Å². The number of nitrogens with zero attached hydrogens (tertiary/aromatic N) is 1. The first-order chi connectivity index (χ1) is 20.5. The molecule has 42 heavy (non-hydrogen) atoms. The molecule has 0 radical (unpaired) electrons. The van der Waals surface area contributed by atoms with Gasteiger partial charge in [-0.25, -0.2) is 4.79 Å². The molecule has 1 fully saturated rings. The summed E-state index contributed by atoms with van der Waals surface area (Å²) < 4.78 is 16.3. The van der Waals surface area contributed by atoms with E-state index < -0.39 is 0 Å². The third-order valence-corrected chi connectivity index (χ3v) is 8.08. The van der Waals surface area contributed by atoms with E-state index in [1.54, 1.807) is 6.92 Å². The molecule has 8 heteroatoms. The molecule has 1 heterocycles. The Kier molecular flexibility index (Phi) is 15.1. The number of para-hydroxylation sites is 1. The molecule has 0 aromatic heterocycles. The van der Waals surface area contributed by atoms with Crippen LogP contribution in [0.4, 0.5) is 4.79 Å². The lowest BCUT2D eigenvalue weighted by atomic mass is 9.92. The van der Waals surface area contributed by atoms with Gasteiger partial charge in [0.1, 0.15) is 5.75 Å². The van der Waals surface area contributed by atoms with Gasteiger partial charge in [0.2, 0.25) is 0 Å². The molecule has 0 aliphatic carbocycles. The Hall–Kier alpha value is -3.26. The van der Waals surface area contributed by atoms with Crippen molar-refractivity contribution in [1.82, 2.24) is 4.90 Å². The number of unbranched alkanes of at least 4 members (excludes halogenated alkanes) is 1. The van der Waals surface area contributed by atoms with Gasteiger partial charge in [-0.1, -0.05) is 60.7 Å². The standard InChI is InChI=1S/C34H45NO6S/c1-3-39-32(36)15-8-5-12-27(26-28-17-20-30(21-18-28)33(37)40-4-2)16-19-29-13-6-7-14-31(29)41-24-11-25-42-34(38)35-22-9-10-23-35/h6-7,13-14,16-21,27H,3-5,8-12,15,22-26H2,1-2H3. The quantitative estimate of drug-likeness (QED) is 0.138. The molecule has 228 valence electrons. The summed E-state index contributed by atoms with van der Waals surface area (Å²) in [5.41, 5.74) is 2.69. The SMILES string of the molecule is CCOC(=O)CCCCC(C=Cc1ccccc1OCCCSC(=O)N1CCCC1)Cc1ccc(C(=O)OCC)cc1. The average Bonchev–Trinajstić information content (AvgIpc) is 3.54. The zero-order chi connectivity index (χ0) is 30.0. The van der Waals surface area contributed by atoms with Crippen molar-refractivity contribution in [1.29, 1.82) is 0 Å². The largest absolute Gasteiger partial charge is 0.493 e. The van der Waals surface area contributed by atoms with Gasteiger partial charge in [-0.15, -0.1) is 0 Å². The predicted molar refractivity (Wildman–Crippen MR) is 169 cm³/mol. The number of hydrogen-bond donors (Lipinski definition) is 0. The van der Waals surface area contributed by atoms with Gasteiger partial charge in [0.05, 0.1) is 25.4 Å². The molecule has 1 saturated heterocycles. The third-order valence-electron chi connectivity index (χ3n) is 7.08. The first-order valence-corrected chi connectivity index (χ1v) is 16.2. The Morgan fingerprint density at radius 1 is 0.929 bits per heavy atom. The van der Waals surface area contributed by atoms with Crippen LogP contribution in [0.5, 0.6) is 5.75 Å². The molecule has 0 N–H and O–H groups in total. The fourth-order valence-electron chi connectivity index (χ4n) is 4.85. The Bertz CT molecular complexity index is 1140. The molecule has 1 atom stereocenters. The van der Waals surface area contributed by atoms with Crippen molar-refractivity contribution in [2.45, 2.75) is 65.2 Å². The van der Waals surface area contributed by atoms with E-state index in [4.69, 9.17) is 14.2 Å². The highest BCUT2D eigenvalue weighted by Gasteiger charge is 2.18. The van der Waals surface area contributed by atoms with Gasteiger partial charge in [0.15, 0.2) is 0 Å². The zero-order valence-electron chi connectivity index (χ0n) is 25.1. The molecule has 7 nitrogen and oxygen atoms in total. The molecule has 1 aliphatic heterocycles. The number of amides is 1. The number of esters is 2. The van der Waals surface area contributed by atoms with E-state index in [9.17, 15) is 14.4 Å². The van der Waals surface area contributed by atoms with Crippen LogP contribution >= 0.6 is 11.8 Å². The Balaban J connectivity index is 1.58. The molecule has 2 aromatic rings. The first-order valence-electron chi connectivity index (χ1n) is 15.2. The van der Waals surface area contributed by atoms with E-state index in [0.717, 1.165) is 80.7 Å². The second kappa shape index (κ2) is 19.0. The maximum Gasteiger partial charge on any atom is 0.338 e. The van der Waals surface area contributed by atoms with Crippen LogP contribution < -0.4 is 4.74 Å². The summed E-state index contributed by atoms with van der Waals surface area (Å²) in [5.74, 6) is 1.35. The molecule has 0 bridgehead atoms. The summed E-state index contributed by atoms with van der Waals surface area (Å²) in [5, 5.41) is 0.180.